The second-order valence-corrected chi connectivity index (χ2v) is 2.80. The zero-order chi connectivity index (χ0) is 9.97. The van der Waals surface area contributed by atoms with Crippen LogP contribution >= 0.6 is 0 Å². The number of amides is 1. The minimum Gasteiger partial charge on any atom is -0.324 e. The first-order chi connectivity index (χ1) is 6.79. The van der Waals surface area contributed by atoms with E-state index in [0.29, 0.717) is 5.95 Å². The van der Waals surface area contributed by atoms with Crippen molar-refractivity contribution in [2.75, 3.05) is 5.32 Å². The first-order valence-corrected chi connectivity index (χ1v) is 4.18. The summed E-state index contributed by atoms with van der Waals surface area (Å²) in [5.41, 5.74) is 1.72. The molecule has 14 heavy (non-hydrogen) atoms. The van der Waals surface area contributed by atoms with Gasteiger partial charge in [0, 0.05) is 0 Å². The average molecular weight is 187 g/mol. The number of hydrogen-bond donors (Lipinski definition) is 2. The van der Waals surface area contributed by atoms with Crippen LogP contribution in [0.3, 0.4) is 0 Å². The maximum Gasteiger partial charge on any atom is 0.250 e. The maximum atomic E-state index is 11.0. The maximum absolute atomic E-state index is 11.0. The van der Waals surface area contributed by atoms with Crippen LogP contribution in [0.1, 0.15) is 0 Å². The van der Waals surface area contributed by atoms with Gasteiger partial charge in [-0.25, -0.2) is 4.98 Å². The summed E-state index contributed by atoms with van der Waals surface area (Å²) in [4.78, 5) is 18.1. The molecule has 2 aromatic rings. The van der Waals surface area contributed by atoms with E-state index in [1.807, 2.05) is 24.3 Å². The number of aromatic amines is 1. The van der Waals surface area contributed by atoms with Crippen molar-refractivity contribution in [3.05, 3.63) is 36.9 Å². The van der Waals surface area contributed by atoms with Gasteiger partial charge in [0.2, 0.25) is 11.9 Å². The minimum absolute atomic E-state index is 0.274. The Morgan fingerprint density at radius 1 is 1.50 bits per heavy atom. The van der Waals surface area contributed by atoms with E-state index in [9.17, 15) is 4.79 Å². The Labute approximate surface area is 80.7 Å². The first-order valence-electron chi connectivity index (χ1n) is 4.18. The Morgan fingerprint density at radius 2 is 2.29 bits per heavy atom. The summed E-state index contributed by atoms with van der Waals surface area (Å²) in [5, 5.41) is 2.56. The van der Waals surface area contributed by atoms with Gasteiger partial charge in [0.25, 0.3) is 0 Å². The fourth-order valence-corrected chi connectivity index (χ4v) is 1.18. The van der Waals surface area contributed by atoms with Gasteiger partial charge in [-0.1, -0.05) is 18.7 Å². The van der Waals surface area contributed by atoms with E-state index in [1.54, 1.807) is 0 Å². The van der Waals surface area contributed by atoms with Crippen molar-refractivity contribution in [3.63, 3.8) is 0 Å². The van der Waals surface area contributed by atoms with Gasteiger partial charge in [-0.15, -0.1) is 0 Å². The largest absolute Gasteiger partial charge is 0.324 e. The summed E-state index contributed by atoms with van der Waals surface area (Å²) in [7, 11) is 0. The van der Waals surface area contributed by atoms with Crippen molar-refractivity contribution in [2.45, 2.75) is 0 Å². The number of rotatable bonds is 2. The average Bonchev–Trinajstić information content (AvgIpc) is 2.59. The molecule has 2 rings (SSSR count). The van der Waals surface area contributed by atoms with E-state index < -0.39 is 0 Å². The number of benzene rings is 1. The molecule has 2 N–H and O–H groups in total. The quantitative estimate of drug-likeness (QED) is 0.703. The van der Waals surface area contributed by atoms with E-state index in [1.165, 1.54) is 6.08 Å². The smallest absolute Gasteiger partial charge is 0.250 e. The summed E-state index contributed by atoms with van der Waals surface area (Å²) in [6, 6.07) is 7.56. The number of carbonyl (C=O) groups excluding carboxylic acids is 1. The van der Waals surface area contributed by atoms with Gasteiger partial charge in [-0.05, 0) is 18.2 Å². The molecule has 0 unspecified atom stereocenters. The molecule has 1 aromatic heterocycles. The second kappa shape index (κ2) is 3.33. The number of fused-ring (bicyclic) bond motifs is 1. The van der Waals surface area contributed by atoms with Gasteiger partial charge in [0.1, 0.15) is 0 Å². The lowest BCUT2D eigenvalue weighted by Gasteiger charge is -1.93. The SMILES string of the molecule is C=CC(=O)Nc1nc2ccccc2[nH]1. The highest BCUT2D eigenvalue weighted by molar-refractivity contribution is 5.98. The topological polar surface area (TPSA) is 57.8 Å². The number of nitrogens with zero attached hydrogens (tertiary/aromatic N) is 1. The molecular weight excluding hydrogens is 178 g/mol. The molecule has 0 saturated carbocycles. The van der Waals surface area contributed by atoms with Gasteiger partial charge < -0.3 is 4.98 Å². The number of nitrogens with one attached hydrogen (secondary N) is 2. The summed E-state index contributed by atoms with van der Waals surface area (Å²) in [6.45, 7) is 3.36. The van der Waals surface area contributed by atoms with Crippen molar-refractivity contribution < 1.29 is 4.79 Å². The molecule has 0 bridgehead atoms. The molecule has 0 saturated heterocycles. The normalized spacial score (nSPS) is 10.0. The third kappa shape index (κ3) is 1.50. The zero-order valence-electron chi connectivity index (χ0n) is 7.45. The molecule has 1 aromatic carbocycles. The number of imidazole rings is 1. The third-order valence-corrected chi connectivity index (χ3v) is 1.82. The Balaban J connectivity index is 2.35. The fourth-order valence-electron chi connectivity index (χ4n) is 1.18. The van der Waals surface area contributed by atoms with Crippen molar-refractivity contribution in [1.29, 1.82) is 0 Å². The Hall–Kier alpha value is -2.10. The summed E-state index contributed by atoms with van der Waals surface area (Å²) >= 11 is 0. The Bertz CT molecular complexity index is 454. The zero-order valence-corrected chi connectivity index (χ0v) is 7.45. The Kier molecular flexibility index (Phi) is 2.02. The third-order valence-electron chi connectivity index (χ3n) is 1.82. The molecule has 4 nitrogen and oxygen atoms in total. The lowest BCUT2D eigenvalue weighted by molar-refractivity contribution is -0.111. The molecule has 1 amide bonds. The monoisotopic (exact) mass is 187 g/mol. The number of para-hydroxylation sites is 2. The van der Waals surface area contributed by atoms with Crippen LogP contribution < -0.4 is 5.32 Å². The van der Waals surface area contributed by atoms with E-state index in [0.717, 1.165) is 11.0 Å². The van der Waals surface area contributed by atoms with Crippen LogP contribution in [0, 0.1) is 0 Å². The second-order valence-electron chi connectivity index (χ2n) is 2.80. The predicted octanol–water partition coefficient (Wildman–Crippen LogP) is 1.69. The van der Waals surface area contributed by atoms with Gasteiger partial charge in [-0.2, -0.15) is 0 Å². The standard InChI is InChI=1S/C10H9N3O/c1-2-9(14)13-10-11-7-5-3-4-6-8(7)12-10/h2-6H,1H2,(H2,11,12,13,14). The molecule has 70 valence electrons. The molecule has 0 aliphatic heterocycles. The summed E-state index contributed by atoms with van der Waals surface area (Å²) < 4.78 is 0. The lowest BCUT2D eigenvalue weighted by Crippen LogP contribution is -2.08. The number of hydrogen-bond acceptors (Lipinski definition) is 2. The van der Waals surface area contributed by atoms with E-state index in [-0.39, 0.29) is 5.91 Å². The lowest BCUT2D eigenvalue weighted by atomic mass is 10.3. The highest BCUT2D eigenvalue weighted by atomic mass is 16.1. The highest BCUT2D eigenvalue weighted by Crippen LogP contribution is 2.12. The fraction of sp³-hybridized carbons (Fsp3) is 0. The predicted molar refractivity (Wildman–Crippen MR) is 54.9 cm³/mol. The Morgan fingerprint density at radius 3 is 3.00 bits per heavy atom. The van der Waals surface area contributed by atoms with Gasteiger partial charge in [0.05, 0.1) is 11.0 Å². The summed E-state index contributed by atoms with van der Waals surface area (Å²) in [5.74, 6) is 0.167. The van der Waals surface area contributed by atoms with Crippen LogP contribution in [0.5, 0.6) is 0 Å². The van der Waals surface area contributed by atoms with Crippen LogP contribution in [0.4, 0.5) is 5.95 Å². The number of anilines is 1. The van der Waals surface area contributed by atoms with Crippen LogP contribution in [0.2, 0.25) is 0 Å². The molecule has 4 heteroatoms. The molecule has 0 atom stereocenters. The highest BCUT2D eigenvalue weighted by Gasteiger charge is 2.02. The van der Waals surface area contributed by atoms with Gasteiger partial charge in [-0.3, -0.25) is 10.1 Å². The number of H-pyrrole nitrogens is 1. The van der Waals surface area contributed by atoms with E-state index in [2.05, 4.69) is 21.9 Å². The minimum atomic E-state index is -0.274. The molecule has 0 spiro atoms. The molecule has 0 radical (unpaired) electrons. The molecular formula is C10H9N3O. The van der Waals surface area contributed by atoms with Gasteiger partial charge in [0.15, 0.2) is 0 Å². The van der Waals surface area contributed by atoms with E-state index in [4.69, 9.17) is 0 Å². The van der Waals surface area contributed by atoms with E-state index >= 15 is 0 Å². The summed E-state index contributed by atoms with van der Waals surface area (Å²) in [6.07, 6.45) is 1.20. The van der Waals surface area contributed by atoms with Gasteiger partial charge >= 0.3 is 0 Å². The number of carbonyl (C=O) groups is 1. The molecule has 1 heterocycles. The number of aromatic nitrogens is 2. The van der Waals surface area contributed by atoms with Crippen LogP contribution in [-0.4, -0.2) is 15.9 Å². The van der Waals surface area contributed by atoms with Crippen LogP contribution in [0.25, 0.3) is 11.0 Å². The first kappa shape index (κ1) is 8.50. The van der Waals surface area contributed by atoms with Crippen molar-refractivity contribution >= 4 is 22.9 Å². The van der Waals surface area contributed by atoms with Crippen molar-refractivity contribution in [1.82, 2.24) is 9.97 Å². The molecule has 0 fully saturated rings. The van der Waals surface area contributed by atoms with Crippen LogP contribution in [0.15, 0.2) is 36.9 Å². The van der Waals surface area contributed by atoms with Crippen LogP contribution in [-0.2, 0) is 4.79 Å². The van der Waals surface area contributed by atoms with Crippen molar-refractivity contribution in [3.8, 4) is 0 Å². The molecule has 0 aliphatic rings. The molecule has 0 aliphatic carbocycles. The van der Waals surface area contributed by atoms with Crippen molar-refractivity contribution in [2.24, 2.45) is 0 Å².